The van der Waals surface area contributed by atoms with Crippen molar-refractivity contribution in [2.75, 3.05) is 6.54 Å². The number of aryl methyl sites for hydroxylation is 1. The van der Waals surface area contributed by atoms with Gasteiger partial charge in [0.05, 0.1) is 0 Å². The highest BCUT2D eigenvalue weighted by Gasteiger charge is 2.12. The molecule has 0 bridgehead atoms. The monoisotopic (exact) mass is 195 g/mol. The summed E-state index contributed by atoms with van der Waals surface area (Å²) >= 11 is 2.02. The lowest BCUT2D eigenvalue weighted by molar-refractivity contribution is 0.680. The fraction of sp³-hybridized carbons (Fsp3) is 0.636. The minimum atomic E-state index is 0.692. The number of thiophene rings is 1. The highest BCUT2D eigenvalue weighted by molar-refractivity contribution is 7.12. The van der Waals surface area contributed by atoms with Gasteiger partial charge in [0, 0.05) is 16.3 Å². The van der Waals surface area contributed by atoms with Gasteiger partial charge in [0.2, 0.25) is 0 Å². The summed E-state index contributed by atoms with van der Waals surface area (Å²) in [5.74, 6) is 0.692. The van der Waals surface area contributed by atoms with Gasteiger partial charge in [0.25, 0.3) is 0 Å². The Balaban J connectivity index is 2.27. The SMILES string of the molecule is CC(C)c1cc2c(s1)CCCNC2. The first kappa shape index (κ1) is 9.22. The van der Waals surface area contributed by atoms with Gasteiger partial charge >= 0.3 is 0 Å². The van der Waals surface area contributed by atoms with Crippen LogP contribution in [0.15, 0.2) is 6.07 Å². The fourth-order valence-electron chi connectivity index (χ4n) is 1.73. The lowest BCUT2D eigenvalue weighted by Crippen LogP contribution is -2.11. The summed E-state index contributed by atoms with van der Waals surface area (Å²) in [4.78, 5) is 3.17. The van der Waals surface area contributed by atoms with Crippen LogP contribution in [-0.4, -0.2) is 6.54 Å². The van der Waals surface area contributed by atoms with E-state index in [1.165, 1.54) is 19.4 Å². The van der Waals surface area contributed by atoms with Crippen LogP contribution in [0.1, 0.15) is 41.5 Å². The lowest BCUT2D eigenvalue weighted by Gasteiger charge is -1.99. The van der Waals surface area contributed by atoms with Crippen LogP contribution >= 0.6 is 11.3 Å². The molecule has 1 aliphatic rings. The minimum Gasteiger partial charge on any atom is -0.313 e. The molecule has 0 spiro atoms. The number of hydrogen-bond donors (Lipinski definition) is 1. The Morgan fingerprint density at radius 1 is 1.46 bits per heavy atom. The lowest BCUT2D eigenvalue weighted by atomic mass is 10.1. The summed E-state index contributed by atoms with van der Waals surface area (Å²) in [6.45, 7) is 6.81. The van der Waals surface area contributed by atoms with Crippen LogP contribution in [0.3, 0.4) is 0 Å². The van der Waals surface area contributed by atoms with Crippen molar-refractivity contribution >= 4 is 11.3 Å². The third-order valence-electron chi connectivity index (χ3n) is 2.56. The van der Waals surface area contributed by atoms with E-state index in [9.17, 15) is 0 Å². The van der Waals surface area contributed by atoms with E-state index in [0.29, 0.717) is 5.92 Å². The van der Waals surface area contributed by atoms with Crippen LogP contribution in [0, 0.1) is 0 Å². The van der Waals surface area contributed by atoms with Gasteiger partial charge in [0.15, 0.2) is 0 Å². The molecule has 1 aromatic heterocycles. The predicted octanol–water partition coefficient (Wildman–Crippen LogP) is 2.91. The Morgan fingerprint density at radius 3 is 3.08 bits per heavy atom. The Hall–Kier alpha value is -0.340. The second-order valence-electron chi connectivity index (χ2n) is 4.03. The normalized spacial score (nSPS) is 17.2. The second kappa shape index (κ2) is 3.81. The Bertz CT molecular complexity index is 265. The maximum absolute atomic E-state index is 3.46. The first-order valence-electron chi connectivity index (χ1n) is 5.09. The summed E-state index contributed by atoms with van der Waals surface area (Å²) in [6, 6.07) is 2.39. The van der Waals surface area contributed by atoms with Crippen molar-refractivity contribution in [1.29, 1.82) is 0 Å². The van der Waals surface area contributed by atoms with Crippen molar-refractivity contribution in [3.8, 4) is 0 Å². The molecule has 2 heteroatoms. The number of hydrogen-bond acceptors (Lipinski definition) is 2. The van der Waals surface area contributed by atoms with Crippen molar-refractivity contribution in [2.24, 2.45) is 0 Å². The van der Waals surface area contributed by atoms with Gasteiger partial charge in [0.1, 0.15) is 0 Å². The molecular weight excluding hydrogens is 178 g/mol. The molecule has 1 nitrogen and oxygen atoms in total. The molecule has 1 aromatic rings. The second-order valence-corrected chi connectivity index (χ2v) is 5.20. The van der Waals surface area contributed by atoms with E-state index in [4.69, 9.17) is 0 Å². The number of nitrogens with one attached hydrogen (secondary N) is 1. The molecule has 1 aliphatic heterocycles. The topological polar surface area (TPSA) is 12.0 Å². The highest BCUT2D eigenvalue weighted by Crippen LogP contribution is 2.30. The van der Waals surface area contributed by atoms with Gasteiger partial charge in [-0.3, -0.25) is 0 Å². The molecule has 1 N–H and O–H groups in total. The summed E-state index contributed by atoms with van der Waals surface area (Å²) in [5.41, 5.74) is 1.55. The van der Waals surface area contributed by atoms with Crippen LogP contribution in [0.5, 0.6) is 0 Å². The van der Waals surface area contributed by atoms with Gasteiger partial charge in [-0.2, -0.15) is 0 Å². The van der Waals surface area contributed by atoms with Crippen molar-refractivity contribution in [2.45, 2.75) is 39.2 Å². The quantitative estimate of drug-likeness (QED) is 0.726. The molecule has 2 heterocycles. The first-order valence-corrected chi connectivity index (χ1v) is 5.91. The largest absolute Gasteiger partial charge is 0.313 e. The van der Waals surface area contributed by atoms with Crippen LogP contribution < -0.4 is 5.32 Å². The summed E-state index contributed by atoms with van der Waals surface area (Å²) in [6.07, 6.45) is 2.57. The maximum atomic E-state index is 3.46. The maximum Gasteiger partial charge on any atom is 0.0216 e. The van der Waals surface area contributed by atoms with Crippen LogP contribution in [-0.2, 0) is 13.0 Å². The van der Waals surface area contributed by atoms with Crippen molar-refractivity contribution in [1.82, 2.24) is 5.32 Å². The summed E-state index contributed by atoms with van der Waals surface area (Å²) in [7, 11) is 0. The van der Waals surface area contributed by atoms with E-state index in [2.05, 4.69) is 25.2 Å². The first-order chi connectivity index (χ1) is 6.27. The van der Waals surface area contributed by atoms with E-state index >= 15 is 0 Å². The van der Waals surface area contributed by atoms with Crippen LogP contribution in [0.2, 0.25) is 0 Å². The zero-order chi connectivity index (χ0) is 9.26. The van der Waals surface area contributed by atoms with Crippen molar-refractivity contribution in [3.05, 3.63) is 21.4 Å². The molecule has 0 unspecified atom stereocenters. The van der Waals surface area contributed by atoms with E-state index in [1.807, 2.05) is 11.3 Å². The van der Waals surface area contributed by atoms with Crippen molar-refractivity contribution in [3.63, 3.8) is 0 Å². The van der Waals surface area contributed by atoms with E-state index in [-0.39, 0.29) is 0 Å². The molecule has 13 heavy (non-hydrogen) atoms. The smallest absolute Gasteiger partial charge is 0.0216 e. The molecule has 0 fully saturated rings. The number of rotatable bonds is 1. The molecule has 72 valence electrons. The van der Waals surface area contributed by atoms with Crippen molar-refractivity contribution < 1.29 is 0 Å². The van der Waals surface area contributed by atoms with Gasteiger partial charge in [-0.25, -0.2) is 0 Å². The molecule has 0 amide bonds. The zero-order valence-electron chi connectivity index (χ0n) is 8.39. The van der Waals surface area contributed by atoms with E-state index < -0.39 is 0 Å². The van der Waals surface area contributed by atoms with Gasteiger partial charge in [-0.15, -0.1) is 11.3 Å². The Morgan fingerprint density at radius 2 is 2.31 bits per heavy atom. The van der Waals surface area contributed by atoms with Crippen LogP contribution in [0.4, 0.5) is 0 Å². The highest BCUT2D eigenvalue weighted by atomic mass is 32.1. The number of fused-ring (bicyclic) bond motifs is 1. The summed E-state index contributed by atoms with van der Waals surface area (Å²) in [5, 5.41) is 3.46. The Kier molecular flexibility index (Phi) is 2.70. The van der Waals surface area contributed by atoms with Gasteiger partial charge in [-0.05, 0) is 36.9 Å². The summed E-state index contributed by atoms with van der Waals surface area (Å²) < 4.78 is 0. The molecular formula is C11H17NS. The van der Waals surface area contributed by atoms with Crippen LogP contribution in [0.25, 0.3) is 0 Å². The van der Waals surface area contributed by atoms with E-state index in [1.54, 1.807) is 15.3 Å². The fourth-order valence-corrected chi connectivity index (χ4v) is 2.96. The molecule has 2 rings (SSSR count). The Labute approximate surface area is 84.2 Å². The van der Waals surface area contributed by atoms with Gasteiger partial charge < -0.3 is 5.32 Å². The predicted molar refractivity (Wildman–Crippen MR) is 58.4 cm³/mol. The van der Waals surface area contributed by atoms with Gasteiger partial charge in [-0.1, -0.05) is 13.8 Å². The average Bonchev–Trinajstić information content (AvgIpc) is 2.38. The van der Waals surface area contributed by atoms with E-state index in [0.717, 1.165) is 6.54 Å². The third kappa shape index (κ3) is 1.94. The molecule has 0 aromatic carbocycles. The third-order valence-corrected chi connectivity index (χ3v) is 4.10. The molecule has 0 radical (unpaired) electrons. The molecule has 0 saturated carbocycles. The molecule has 0 saturated heterocycles. The average molecular weight is 195 g/mol. The minimum absolute atomic E-state index is 0.692. The molecule has 0 aliphatic carbocycles. The standard InChI is InChI=1S/C11H17NS/c1-8(2)11-6-9-7-12-5-3-4-10(9)13-11/h6,8,12H,3-5,7H2,1-2H3. The zero-order valence-corrected chi connectivity index (χ0v) is 9.21. The molecule has 0 atom stereocenters.